The second-order valence-electron chi connectivity index (χ2n) is 6.95. The molecule has 0 radical (unpaired) electrons. The Morgan fingerprint density at radius 2 is 2.25 bits per heavy atom. The molecule has 1 amide bonds. The van der Waals surface area contributed by atoms with Gasteiger partial charge in [0.2, 0.25) is 0 Å². The lowest BCUT2D eigenvalue weighted by molar-refractivity contribution is 0.0312. The van der Waals surface area contributed by atoms with E-state index >= 15 is 0 Å². The van der Waals surface area contributed by atoms with Gasteiger partial charge >= 0.3 is 0 Å². The molecule has 2 aliphatic rings. The molecule has 0 saturated carbocycles. The first-order valence-corrected chi connectivity index (χ1v) is 8.57. The SMILES string of the molecule is CCOC[C@]12COC[C@H]1CN(C(=O)c1oc3ccccc3c1C)C2. The number of nitrogens with zero attached hydrogens (tertiary/aromatic N) is 1. The molecular formula is C19H23NO4. The van der Waals surface area contributed by atoms with Crippen molar-refractivity contribution in [2.75, 3.05) is 39.5 Å². The summed E-state index contributed by atoms with van der Waals surface area (Å²) in [5.41, 5.74) is 1.62. The van der Waals surface area contributed by atoms with Gasteiger partial charge in [0.1, 0.15) is 5.58 Å². The molecule has 2 atom stereocenters. The van der Waals surface area contributed by atoms with Gasteiger partial charge in [-0.3, -0.25) is 4.79 Å². The molecule has 1 aromatic heterocycles. The largest absolute Gasteiger partial charge is 0.451 e. The number of carbonyl (C=O) groups is 1. The molecule has 0 bridgehead atoms. The number of furan rings is 1. The van der Waals surface area contributed by atoms with E-state index in [-0.39, 0.29) is 11.3 Å². The number of para-hydroxylation sites is 1. The quantitative estimate of drug-likeness (QED) is 0.865. The number of ether oxygens (including phenoxy) is 2. The fraction of sp³-hybridized carbons (Fsp3) is 0.526. The van der Waals surface area contributed by atoms with Gasteiger partial charge in [0.05, 0.1) is 19.8 Å². The molecule has 0 spiro atoms. The van der Waals surface area contributed by atoms with Crippen LogP contribution in [0, 0.1) is 18.3 Å². The lowest BCUT2D eigenvalue weighted by atomic mass is 9.82. The minimum Gasteiger partial charge on any atom is -0.451 e. The van der Waals surface area contributed by atoms with E-state index in [4.69, 9.17) is 13.9 Å². The van der Waals surface area contributed by atoms with Gasteiger partial charge in [-0.2, -0.15) is 0 Å². The number of hydrogen-bond donors (Lipinski definition) is 0. The second-order valence-corrected chi connectivity index (χ2v) is 6.95. The summed E-state index contributed by atoms with van der Waals surface area (Å²) in [5.74, 6) is 0.787. The summed E-state index contributed by atoms with van der Waals surface area (Å²) >= 11 is 0. The third kappa shape index (κ3) is 2.34. The van der Waals surface area contributed by atoms with Crippen LogP contribution in [0.5, 0.6) is 0 Å². The van der Waals surface area contributed by atoms with E-state index in [9.17, 15) is 4.79 Å². The summed E-state index contributed by atoms with van der Waals surface area (Å²) < 4.78 is 17.2. The van der Waals surface area contributed by atoms with Crippen molar-refractivity contribution in [1.29, 1.82) is 0 Å². The maximum Gasteiger partial charge on any atom is 0.289 e. The molecule has 128 valence electrons. The zero-order chi connectivity index (χ0) is 16.7. The first-order chi connectivity index (χ1) is 11.6. The molecule has 24 heavy (non-hydrogen) atoms. The number of likely N-dealkylation sites (tertiary alicyclic amines) is 1. The first kappa shape index (κ1) is 15.7. The summed E-state index contributed by atoms with van der Waals surface area (Å²) in [6.07, 6.45) is 0. The predicted molar refractivity (Wildman–Crippen MR) is 90.1 cm³/mol. The van der Waals surface area contributed by atoms with Crippen molar-refractivity contribution in [1.82, 2.24) is 4.90 Å². The highest BCUT2D eigenvalue weighted by Gasteiger charge is 2.52. The van der Waals surface area contributed by atoms with Gasteiger partial charge in [-0.25, -0.2) is 0 Å². The minimum absolute atomic E-state index is 0.0195. The molecule has 2 fully saturated rings. The van der Waals surface area contributed by atoms with Gasteiger partial charge in [-0.15, -0.1) is 0 Å². The molecule has 4 rings (SSSR count). The van der Waals surface area contributed by atoms with Crippen LogP contribution in [0.3, 0.4) is 0 Å². The number of rotatable bonds is 4. The predicted octanol–water partition coefficient (Wildman–Crippen LogP) is 2.87. The van der Waals surface area contributed by atoms with Crippen molar-refractivity contribution >= 4 is 16.9 Å². The zero-order valence-corrected chi connectivity index (χ0v) is 14.2. The molecule has 0 unspecified atom stereocenters. The van der Waals surface area contributed by atoms with E-state index in [0.29, 0.717) is 51.2 Å². The van der Waals surface area contributed by atoms with Crippen LogP contribution in [-0.4, -0.2) is 50.3 Å². The van der Waals surface area contributed by atoms with Crippen LogP contribution >= 0.6 is 0 Å². The molecule has 0 N–H and O–H groups in total. The number of aryl methyl sites for hydroxylation is 1. The Bertz CT molecular complexity index is 768. The molecule has 3 heterocycles. The summed E-state index contributed by atoms with van der Waals surface area (Å²) in [5, 5.41) is 1.01. The summed E-state index contributed by atoms with van der Waals surface area (Å²) in [6.45, 7) is 8.04. The molecule has 2 saturated heterocycles. The Morgan fingerprint density at radius 3 is 3.04 bits per heavy atom. The van der Waals surface area contributed by atoms with Crippen LogP contribution in [0.4, 0.5) is 0 Å². The van der Waals surface area contributed by atoms with Crippen molar-refractivity contribution in [3.8, 4) is 0 Å². The topological polar surface area (TPSA) is 51.9 Å². The van der Waals surface area contributed by atoms with Crippen LogP contribution in [-0.2, 0) is 9.47 Å². The number of amides is 1. The molecule has 0 aliphatic carbocycles. The van der Waals surface area contributed by atoms with Crippen molar-refractivity contribution in [3.63, 3.8) is 0 Å². The van der Waals surface area contributed by atoms with Gasteiger partial charge < -0.3 is 18.8 Å². The van der Waals surface area contributed by atoms with Gasteiger partial charge in [0.25, 0.3) is 5.91 Å². The summed E-state index contributed by atoms with van der Waals surface area (Å²) in [4.78, 5) is 14.9. The van der Waals surface area contributed by atoms with Crippen molar-refractivity contribution in [3.05, 3.63) is 35.6 Å². The third-order valence-electron chi connectivity index (χ3n) is 5.44. The van der Waals surface area contributed by atoms with Crippen molar-refractivity contribution in [2.45, 2.75) is 13.8 Å². The van der Waals surface area contributed by atoms with E-state index in [1.807, 2.05) is 43.0 Å². The first-order valence-electron chi connectivity index (χ1n) is 8.57. The normalized spacial score (nSPS) is 26.2. The van der Waals surface area contributed by atoms with E-state index < -0.39 is 0 Å². The number of fused-ring (bicyclic) bond motifs is 2. The highest BCUT2D eigenvalue weighted by molar-refractivity contribution is 5.99. The average Bonchev–Trinajstić information content (AvgIpc) is 3.23. The van der Waals surface area contributed by atoms with Gasteiger partial charge in [0.15, 0.2) is 5.76 Å². The standard InChI is InChI=1S/C19H23NO4/c1-3-22-11-19-10-20(8-14(19)9-23-12-19)18(21)17-13(2)15-6-4-5-7-16(15)24-17/h4-7,14H,3,8-12H2,1-2H3/t14-,19-/m1/s1. The van der Waals surface area contributed by atoms with Crippen molar-refractivity contribution < 1.29 is 18.7 Å². The highest BCUT2D eigenvalue weighted by Crippen LogP contribution is 2.42. The molecule has 5 nitrogen and oxygen atoms in total. The summed E-state index contributed by atoms with van der Waals surface area (Å²) in [6, 6.07) is 7.79. The minimum atomic E-state index is -0.0639. The van der Waals surface area contributed by atoms with Gasteiger partial charge in [-0.1, -0.05) is 18.2 Å². The molecule has 2 aromatic rings. The maximum atomic E-state index is 13.0. The lowest BCUT2D eigenvalue weighted by Crippen LogP contribution is -2.37. The molecule has 2 aliphatic heterocycles. The Labute approximate surface area is 141 Å². The van der Waals surface area contributed by atoms with Crippen LogP contribution in [0.25, 0.3) is 11.0 Å². The number of benzene rings is 1. The molecular weight excluding hydrogens is 306 g/mol. The second kappa shape index (κ2) is 5.90. The van der Waals surface area contributed by atoms with E-state index in [1.54, 1.807) is 0 Å². The Balaban J connectivity index is 1.60. The van der Waals surface area contributed by atoms with Gasteiger partial charge in [-0.05, 0) is 19.9 Å². The van der Waals surface area contributed by atoms with E-state index in [1.165, 1.54) is 0 Å². The molecule has 1 aromatic carbocycles. The van der Waals surface area contributed by atoms with Gasteiger partial charge in [0, 0.05) is 42.0 Å². The number of carbonyl (C=O) groups excluding carboxylic acids is 1. The fourth-order valence-corrected chi connectivity index (χ4v) is 4.02. The van der Waals surface area contributed by atoms with E-state index in [2.05, 4.69) is 0 Å². The van der Waals surface area contributed by atoms with Crippen LogP contribution in [0.15, 0.2) is 28.7 Å². The zero-order valence-electron chi connectivity index (χ0n) is 14.2. The lowest BCUT2D eigenvalue weighted by Gasteiger charge is -2.26. The number of hydrogen-bond acceptors (Lipinski definition) is 4. The van der Waals surface area contributed by atoms with E-state index in [0.717, 1.165) is 16.5 Å². The highest BCUT2D eigenvalue weighted by atomic mass is 16.5. The van der Waals surface area contributed by atoms with Crippen LogP contribution < -0.4 is 0 Å². The average molecular weight is 329 g/mol. The Morgan fingerprint density at radius 1 is 1.42 bits per heavy atom. The smallest absolute Gasteiger partial charge is 0.289 e. The van der Waals surface area contributed by atoms with Crippen molar-refractivity contribution in [2.24, 2.45) is 11.3 Å². The molecule has 5 heteroatoms. The fourth-order valence-electron chi connectivity index (χ4n) is 4.02. The van der Waals surface area contributed by atoms with Crippen LogP contribution in [0.1, 0.15) is 23.0 Å². The Hall–Kier alpha value is -1.85. The monoisotopic (exact) mass is 329 g/mol. The summed E-state index contributed by atoms with van der Waals surface area (Å²) in [7, 11) is 0. The third-order valence-corrected chi connectivity index (χ3v) is 5.44. The maximum absolute atomic E-state index is 13.0. The Kier molecular flexibility index (Phi) is 3.85. The van der Waals surface area contributed by atoms with Crippen LogP contribution in [0.2, 0.25) is 0 Å².